The normalized spacial score (nSPS) is 12.1. The van der Waals surface area contributed by atoms with Crippen LogP contribution < -0.4 is 5.32 Å². The van der Waals surface area contributed by atoms with Crippen molar-refractivity contribution in [3.8, 4) is 0 Å². The summed E-state index contributed by atoms with van der Waals surface area (Å²) in [6, 6.07) is 11.4. The number of rotatable bonds is 4. The molecular formula is C18H14ClFN2O2. The number of nitrogens with one attached hydrogen (secondary N) is 1. The third-order valence-corrected chi connectivity index (χ3v) is 4.00. The Labute approximate surface area is 142 Å². The highest BCUT2D eigenvalue weighted by atomic mass is 35.5. The molecule has 1 amide bonds. The van der Waals surface area contributed by atoms with Crippen LogP contribution in [0.4, 0.5) is 4.39 Å². The molecule has 0 aliphatic carbocycles. The zero-order valence-electron chi connectivity index (χ0n) is 12.5. The molecule has 24 heavy (non-hydrogen) atoms. The SMILES string of the molecule is O=C(NCC(O)c1ccc(Cl)c(F)c1)c1cncc2ccccc12. The number of halogens is 2. The molecule has 2 N–H and O–H groups in total. The van der Waals surface area contributed by atoms with Gasteiger partial charge >= 0.3 is 0 Å². The smallest absolute Gasteiger partial charge is 0.253 e. The fraction of sp³-hybridized carbons (Fsp3) is 0.111. The first-order valence-corrected chi connectivity index (χ1v) is 7.68. The van der Waals surface area contributed by atoms with E-state index in [0.717, 1.165) is 16.8 Å². The van der Waals surface area contributed by atoms with Gasteiger partial charge in [-0.25, -0.2) is 4.39 Å². The summed E-state index contributed by atoms with van der Waals surface area (Å²) in [4.78, 5) is 16.4. The van der Waals surface area contributed by atoms with Crippen molar-refractivity contribution in [2.24, 2.45) is 0 Å². The van der Waals surface area contributed by atoms with E-state index in [-0.39, 0.29) is 17.5 Å². The lowest BCUT2D eigenvalue weighted by Crippen LogP contribution is -2.28. The molecule has 0 aliphatic rings. The summed E-state index contributed by atoms with van der Waals surface area (Å²) in [5.74, 6) is -0.967. The second-order valence-corrected chi connectivity index (χ2v) is 5.71. The molecule has 4 nitrogen and oxygen atoms in total. The second-order valence-electron chi connectivity index (χ2n) is 5.31. The van der Waals surface area contributed by atoms with Crippen molar-refractivity contribution in [3.05, 3.63) is 76.8 Å². The first-order valence-electron chi connectivity index (χ1n) is 7.30. The molecule has 3 rings (SSSR count). The van der Waals surface area contributed by atoms with Crippen molar-refractivity contribution in [2.45, 2.75) is 6.10 Å². The van der Waals surface area contributed by atoms with Crippen LogP contribution in [0.15, 0.2) is 54.9 Å². The zero-order valence-corrected chi connectivity index (χ0v) is 13.3. The van der Waals surface area contributed by atoms with Crippen LogP contribution in [0.2, 0.25) is 5.02 Å². The third-order valence-electron chi connectivity index (χ3n) is 3.70. The third kappa shape index (κ3) is 3.37. The molecule has 0 fully saturated rings. The van der Waals surface area contributed by atoms with Crippen molar-refractivity contribution >= 4 is 28.3 Å². The first-order chi connectivity index (χ1) is 11.6. The Morgan fingerprint density at radius 3 is 2.83 bits per heavy atom. The van der Waals surface area contributed by atoms with Crippen LogP contribution in [-0.2, 0) is 0 Å². The number of carbonyl (C=O) groups excluding carboxylic acids is 1. The maximum atomic E-state index is 13.4. The summed E-state index contributed by atoms with van der Waals surface area (Å²) in [6.45, 7) is -0.0525. The number of fused-ring (bicyclic) bond motifs is 1. The molecule has 0 aliphatic heterocycles. The first kappa shape index (κ1) is 16.4. The molecular weight excluding hydrogens is 331 g/mol. The van der Waals surface area contributed by atoms with Crippen molar-refractivity contribution < 1.29 is 14.3 Å². The van der Waals surface area contributed by atoms with Crippen LogP contribution in [0.1, 0.15) is 22.0 Å². The van der Waals surface area contributed by atoms with E-state index < -0.39 is 11.9 Å². The van der Waals surface area contributed by atoms with Crippen molar-refractivity contribution in [3.63, 3.8) is 0 Å². The van der Waals surface area contributed by atoms with Gasteiger partial charge in [0.1, 0.15) is 5.82 Å². The number of hydrogen-bond acceptors (Lipinski definition) is 3. The summed E-state index contributed by atoms with van der Waals surface area (Å²) in [5, 5.41) is 14.4. The van der Waals surface area contributed by atoms with E-state index in [1.54, 1.807) is 6.20 Å². The molecule has 0 spiro atoms. The number of hydrogen-bond donors (Lipinski definition) is 2. The zero-order chi connectivity index (χ0) is 17.1. The fourth-order valence-electron chi connectivity index (χ4n) is 2.42. The van der Waals surface area contributed by atoms with E-state index in [1.807, 2.05) is 24.3 Å². The number of aromatic nitrogens is 1. The maximum Gasteiger partial charge on any atom is 0.253 e. The molecule has 122 valence electrons. The number of benzene rings is 2. The Morgan fingerprint density at radius 2 is 2.04 bits per heavy atom. The summed E-state index contributed by atoms with van der Waals surface area (Å²) in [7, 11) is 0. The predicted octanol–water partition coefficient (Wildman–Crippen LogP) is 3.49. The molecule has 0 saturated carbocycles. The minimum absolute atomic E-state index is 0.0168. The predicted molar refractivity (Wildman–Crippen MR) is 90.4 cm³/mol. The lowest BCUT2D eigenvalue weighted by molar-refractivity contribution is 0.0917. The van der Waals surface area contributed by atoms with Gasteiger partial charge in [0, 0.05) is 24.3 Å². The van der Waals surface area contributed by atoms with E-state index in [2.05, 4.69) is 10.3 Å². The molecule has 1 heterocycles. The Morgan fingerprint density at radius 1 is 1.25 bits per heavy atom. The molecule has 0 saturated heterocycles. The van der Waals surface area contributed by atoms with E-state index in [4.69, 9.17) is 11.6 Å². The quantitative estimate of drug-likeness (QED) is 0.761. The Hall–Kier alpha value is -2.50. The van der Waals surface area contributed by atoms with Gasteiger partial charge in [-0.2, -0.15) is 0 Å². The molecule has 1 unspecified atom stereocenters. The van der Waals surface area contributed by atoms with Crippen LogP contribution in [0.25, 0.3) is 10.8 Å². The molecule has 0 bridgehead atoms. The average Bonchev–Trinajstić information content (AvgIpc) is 2.61. The van der Waals surface area contributed by atoms with Gasteiger partial charge in [0.2, 0.25) is 0 Å². The Bertz CT molecular complexity index is 896. The number of aliphatic hydroxyl groups excluding tert-OH is 1. The highest BCUT2D eigenvalue weighted by molar-refractivity contribution is 6.30. The van der Waals surface area contributed by atoms with E-state index >= 15 is 0 Å². The number of aliphatic hydroxyl groups is 1. The summed E-state index contributed by atoms with van der Waals surface area (Å²) < 4.78 is 13.4. The van der Waals surface area contributed by atoms with Crippen LogP contribution in [0, 0.1) is 5.82 Å². The Balaban J connectivity index is 1.73. The van der Waals surface area contributed by atoms with Crippen LogP contribution >= 0.6 is 11.6 Å². The standard InChI is InChI=1S/C18H14ClFN2O2/c19-15-6-5-11(7-16(15)20)17(23)10-22-18(24)14-9-21-8-12-3-1-2-4-13(12)14/h1-9,17,23H,10H2,(H,22,24). The van der Waals surface area contributed by atoms with Gasteiger partial charge in [0.15, 0.2) is 0 Å². The monoisotopic (exact) mass is 344 g/mol. The maximum absolute atomic E-state index is 13.4. The van der Waals surface area contributed by atoms with E-state index in [0.29, 0.717) is 11.1 Å². The summed E-state index contributed by atoms with van der Waals surface area (Å²) in [6.07, 6.45) is 2.12. The summed E-state index contributed by atoms with van der Waals surface area (Å²) >= 11 is 5.62. The van der Waals surface area contributed by atoms with Gasteiger partial charge in [-0.1, -0.05) is 41.9 Å². The molecule has 3 aromatic rings. The van der Waals surface area contributed by atoms with Crippen LogP contribution in [-0.4, -0.2) is 22.5 Å². The lowest BCUT2D eigenvalue weighted by atomic mass is 10.1. The lowest BCUT2D eigenvalue weighted by Gasteiger charge is -2.13. The summed E-state index contributed by atoms with van der Waals surface area (Å²) in [5.41, 5.74) is 0.760. The van der Waals surface area contributed by atoms with Gasteiger partial charge in [-0.3, -0.25) is 9.78 Å². The highest BCUT2D eigenvalue weighted by Gasteiger charge is 2.14. The van der Waals surface area contributed by atoms with E-state index in [9.17, 15) is 14.3 Å². The van der Waals surface area contributed by atoms with Crippen molar-refractivity contribution in [1.82, 2.24) is 10.3 Å². The van der Waals surface area contributed by atoms with Gasteiger partial charge in [-0.15, -0.1) is 0 Å². The number of pyridine rings is 1. The van der Waals surface area contributed by atoms with Crippen LogP contribution in [0.5, 0.6) is 0 Å². The van der Waals surface area contributed by atoms with Gasteiger partial charge < -0.3 is 10.4 Å². The van der Waals surface area contributed by atoms with E-state index in [1.165, 1.54) is 18.3 Å². The molecule has 1 atom stereocenters. The minimum Gasteiger partial charge on any atom is -0.387 e. The molecule has 2 aromatic carbocycles. The fourth-order valence-corrected chi connectivity index (χ4v) is 2.54. The Kier molecular flexibility index (Phi) is 4.74. The van der Waals surface area contributed by atoms with Crippen molar-refractivity contribution in [2.75, 3.05) is 6.54 Å². The average molecular weight is 345 g/mol. The largest absolute Gasteiger partial charge is 0.387 e. The minimum atomic E-state index is -1.04. The number of carbonyl (C=O) groups is 1. The van der Waals surface area contributed by atoms with Gasteiger partial charge in [-0.05, 0) is 23.1 Å². The molecule has 1 aromatic heterocycles. The topological polar surface area (TPSA) is 62.2 Å². The second kappa shape index (κ2) is 6.95. The van der Waals surface area contributed by atoms with Gasteiger partial charge in [0.25, 0.3) is 5.91 Å². The molecule has 0 radical (unpaired) electrons. The van der Waals surface area contributed by atoms with Crippen LogP contribution in [0.3, 0.4) is 0 Å². The van der Waals surface area contributed by atoms with Gasteiger partial charge in [0.05, 0.1) is 16.7 Å². The van der Waals surface area contributed by atoms with Crippen molar-refractivity contribution in [1.29, 1.82) is 0 Å². The molecule has 6 heteroatoms. The number of nitrogens with zero attached hydrogens (tertiary/aromatic N) is 1. The highest BCUT2D eigenvalue weighted by Crippen LogP contribution is 2.20. The number of amides is 1.